The summed E-state index contributed by atoms with van der Waals surface area (Å²) in [7, 11) is 0. The van der Waals surface area contributed by atoms with Gasteiger partial charge < -0.3 is 44.2 Å². The van der Waals surface area contributed by atoms with Gasteiger partial charge in [0.1, 0.15) is 69.8 Å². The highest BCUT2D eigenvalue weighted by atomic mass is 35.5. The van der Waals surface area contributed by atoms with Gasteiger partial charge in [-0.1, -0.05) is 34.8 Å². The van der Waals surface area contributed by atoms with E-state index in [1.807, 2.05) is 18.2 Å². The number of nitrogens with zero attached hydrogens (tertiary/aromatic N) is 12. The number of morpholine rings is 3. The second-order valence-electron chi connectivity index (χ2n) is 20.2. The average Bonchev–Trinajstić information content (AvgIpc) is 1.83. The second kappa shape index (κ2) is 27.8. The van der Waals surface area contributed by atoms with Gasteiger partial charge in [-0.3, -0.25) is 0 Å². The van der Waals surface area contributed by atoms with Crippen molar-refractivity contribution in [1.82, 2.24) is 44.9 Å². The van der Waals surface area contributed by atoms with E-state index in [0.29, 0.717) is 88.4 Å². The van der Waals surface area contributed by atoms with E-state index in [0.717, 1.165) is 84.9 Å². The summed E-state index contributed by atoms with van der Waals surface area (Å²) in [6.45, 7) is 8.87. The van der Waals surface area contributed by atoms with Crippen LogP contribution in [-0.2, 0) is 14.2 Å². The summed E-state index contributed by atoms with van der Waals surface area (Å²) in [5, 5.41) is 42.5. The summed E-state index contributed by atoms with van der Waals surface area (Å²) in [6.07, 6.45) is 5.98. The second-order valence-corrected chi connectivity index (χ2v) is 27.3. The molecule has 0 amide bonds. The van der Waals surface area contributed by atoms with Crippen molar-refractivity contribution in [1.29, 1.82) is 0 Å². The van der Waals surface area contributed by atoms with Crippen molar-refractivity contribution in [3.05, 3.63) is 173 Å². The Morgan fingerprint density at radius 1 is 0.389 bits per heavy atom. The lowest BCUT2D eigenvalue weighted by Crippen LogP contribution is -2.35. The Hall–Kier alpha value is -6.51. The molecule has 3 fully saturated rings. The van der Waals surface area contributed by atoms with Crippen LogP contribution in [0.1, 0.15) is 50.0 Å². The molecule has 3 N–H and O–H groups in total. The highest BCUT2D eigenvalue weighted by molar-refractivity contribution is 7.24. The van der Waals surface area contributed by atoms with Crippen LogP contribution in [0.25, 0.3) is 64.4 Å². The monoisotopic (exact) mass is 1390 g/mol. The van der Waals surface area contributed by atoms with Crippen molar-refractivity contribution in [2.75, 3.05) is 93.6 Å². The first-order chi connectivity index (χ1) is 43.8. The molecular weight excluding hydrogens is 1340 g/mol. The molecule has 12 aromatic rings. The highest BCUT2D eigenvalue weighted by Crippen LogP contribution is 2.45. The molecule has 462 valence electrons. The van der Waals surface area contributed by atoms with Gasteiger partial charge in [-0.25, -0.2) is 58.0 Å². The van der Waals surface area contributed by atoms with Crippen molar-refractivity contribution < 1.29 is 42.7 Å². The fourth-order valence-corrected chi connectivity index (χ4v) is 16.5. The third-order valence-corrected chi connectivity index (χ3v) is 21.9. The number of thiophene rings is 3. The minimum Gasteiger partial charge on any atom is -0.381 e. The van der Waals surface area contributed by atoms with Crippen LogP contribution in [0.4, 0.5) is 28.2 Å². The van der Waals surface area contributed by atoms with Crippen LogP contribution in [0.2, 0.25) is 15.1 Å². The first-order valence-electron chi connectivity index (χ1n) is 27.8. The van der Waals surface area contributed by atoms with Crippen LogP contribution in [0, 0.1) is 17.5 Å². The molecule has 3 aromatic carbocycles. The molecule has 90 heavy (non-hydrogen) atoms. The number of aliphatic hydroxyl groups excluding tert-OH is 3. The van der Waals surface area contributed by atoms with E-state index in [9.17, 15) is 28.5 Å². The van der Waals surface area contributed by atoms with E-state index in [1.165, 1.54) is 105 Å². The molecule has 0 bridgehead atoms. The Morgan fingerprint density at radius 2 is 0.667 bits per heavy atom. The quantitative estimate of drug-likeness (QED) is 0.104. The largest absolute Gasteiger partial charge is 0.381 e. The van der Waals surface area contributed by atoms with Gasteiger partial charge >= 0.3 is 0 Å². The maximum absolute atomic E-state index is 14.9. The van der Waals surface area contributed by atoms with Gasteiger partial charge in [0.2, 0.25) is 0 Å². The summed E-state index contributed by atoms with van der Waals surface area (Å²) in [6, 6.07) is 14.3. The molecule has 18 nitrogen and oxygen atoms in total. The Labute approximate surface area is 550 Å². The number of anilines is 3. The molecular formula is C60H48Cl3F3N12O6S6. The topological polar surface area (TPSA) is 214 Å². The number of fused-ring (bicyclic) bond motifs is 3. The minimum atomic E-state index is -1.04. The van der Waals surface area contributed by atoms with Gasteiger partial charge in [-0.2, -0.15) is 0 Å². The lowest BCUT2D eigenvalue weighted by Gasteiger charge is -2.27. The molecule has 0 spiro atoms. The van der Waals surface area contributed by atoms with Crippen molar-refractivity contribution in [3.63, 3.8) is 0 Å². The number of benzene rings is 3. The molecule has 3 unspecified atom stereocenters. The summed E-state index contributed by atoms with van der Waals surface area (Å²) in [5.74, 6) is -1.51. The zero-order valence-electron chi connectivity index (χ0n) is 46.8. The maximum atomic E-state index is 14.9. The number of rotatable bonds is 12. The van der Waals surface area contributed by atoms with E-state index in [-0.39, 0.29) is 31.8 Å². The molecule has 9 aromatic heterocycles. The molecule has 12 heterocycles. The number of thiazole rings is 3. The molecule has 3 aliphatic heterocycles. The highest BCUT2D eigenvalue weighted by Gasteiger charge is 2.28. The number of halogens is 6. The molecule has 0 aliphatic carbocycles. The molecule has 0 saturated carbocycles. The number of hydrogen-bond acceptors (Lipinski definition) is 24. The van der Waals surface area contributed by atoms with Crippen LogP contribution < -0.4 is 14.7 Å². The van der Waals surface area contributed by atoms with Crippen molar-refractivity contribution >= 4 is 148 Å². The minimum absolute atomic E-state index is 0.143. The molecule has 3 aliphatic rings. The van der Waals surface area contributed by atoms with Crippen LogP contribution in [0.15, 0.2) is 108 Å². The molecule has 3 atom stereocenters. The van der Waals surface area contributed by atoms with E-state index in [4.69, 9.17) is 49.0 Å². The van der Waals surface area contributed by atoms with Crippen molar-refractivity contribution in [3.8, 4) is 33.8 Å². The number of ether oxygens (including phenoxy) is 3. The third-order valence-electron chi connectivity index (χ3n) is 14.8. The van der Waals surface area contributed by atoms with Crippen LogP contribution in [0.3, 0.4) is 0 Å². The van der Waals surface area contributed by atoms with Gasteiger partial charge in [0.15, 0.2) is 0 Å². The van der Waals surface area contributed by atoms with Crippen LogP contribution >= 0.6 is 103 Å². The first kappa shape index (κ1) is 62.3. The van der Waals surface area contributed by atoms with Crippen molar-refractivity contribution in [2.45, 2.75) is 18.3 Å². The van der Waals surface area contributed by atoms with Gasteiger partial charge in [0, 0.05) is 122 Å². The Kier molecular flexibility index (Phi) is 19.2. The number of aromatic nitrogens is 9. The Bertz CT molecular complexity index is 4030. The van der Waals surface area contributed by atoms with Gasteiger partial charge in [-0.15, -0.1) is 68.0 Å². The first-order valence-corrected chi connectivity index (χ1v) is 34.0. The predicted molar refractivity (Wildman–Crippen MR) is 351 cm³/mol. The molecule has 15 rings (SSSR count). The summed E-state index contributed by atoms with van der Waals surface area (Å²) in [4.78, 5) is 45.3. The van der Waals surface area contributed by atoms with Crippen LogP contribution in [0.5, 0.6) is 0 Å². The van der Waals surface area contributed by atoms with Gasteiger partial charge in [0.25, 0.3) is 0 Å². The molecule has 30 heteroatoms. The number of aliphatic hydroxyl groups is 3. The van der Waals surface area contributed by atoms with Crippen LogP contribution in [-0.4, -0.2) is 139 Å². The summed E-state index contributed by atoms with van der Waals surface area (Å²) >= 11 is 27.3. The number of hydrogen-bond donors (Lipinski definition) is 3. The van der Waals surface area contributed by atoms with Gasteiger partial charge in [-0.05, 0) is 54.6 Å². The van der Waals surface area contributed by atoms with E-state index in [2.05, 4.69) is 59.6 Å². The molecule has 0 radical (unpaired) electrons. The third kappa shape index (κ3) is 13.1. The smallest absolute Gasteiger partial charge is 0.134 e. The molecule has 3 saturated heterocycles. The average molecular weight is 1390 g/mol. The van der Waals surface area contributed by atoms with E-state index < -0.39 is 35.8 Å². The Balaban J connectivity index is 0.000000124. The lowest BCUT2D eigenvalue weighted by atomic mass is 10.0. The maximum Gasteiger partial charge on any atom is 0.134 e. The van der Waals surface area contributed by atoms with E-state index in [1.54, 1.807) is 52.9 Å². The van der Waals surface area contributed by atoms with Crippen molar-refractivity contribution in [2.24, 2.45) is 0 Å². The Morgan fingerprint density at radius 3 is 0.922 bits per heavy atom. The lowest BCUT2D eigenvalue weighted by molar-refractivity contribution is 0.123. The van der Waals surface area contributed by atoms with E-state index >= 15 is 0 Å². The van der Waals surface area contributed by atoms with Gasteiger partial charge in [0.05, 0.1) is 102 Å². The zero-order valence-corrected chi connectivity index (χ0v) is 53.9. The summed E-state index contributed by atoms with van der Waals surface area (Å²) < 4.78 is 63.5. The predicted octanol–water partition coefficient (Wildman–Crippen LogP) is 13.6. The standard InChI is InChI=1S/3C20H16ClFN4O2S2/c3*21-13-8-14(22)12(7-11(13)18(27)20-23-1-6-29-20)17-19-15(24-10-25-17)9-16(30-19)26-2-4-28-5-3-26/h3*1,6-10,18,27H,2-5H2. The normalized spacial score (nSPS) is 15.6. The SMILES string of the molecule is OC(c1nccs1)c1cc(-c2ncnc3cc(N4CCOCC4)sc23)c(F)cc1Cl.OC(c1nccs1)c1cc(-c2ncnc3cc(N4CCOCC4)sc23)c(F)cc1Cl.OC(c1nccs1)c1cc(-c2ncnc3cc(N4CCOCC4)sc23)c(F)cc1Cl. The fraction of sp³-hybridized carbons (Fsp3) is 0.250. The summed E-state index contributed by atoms with van der Waals surface area (Å²) in [5.41, 5.74) is 5.67. The zero-order chi connectivity index (χ0) is 62.0. The fourth-order valence-electron chi connectivity index (χ4n) is 10.3.